The number of alkyl carbamates (subject to hydrolysis) is 1. The summed E-state index contributed by atoms with van der Waals surface area (Å²) in [5, 5.41) is 15.2. The van der Waals surface area contributed by atoms with E-state index in [0.29, 0.717) is 25.2 Å². The molecule has 3 unspecified atom stereocenters. The van der Waals surface area contributed by atoms with Crippen LogP contribution >= 0.6 is 0 Å². The molecule has 7 heteroatoms. The minimum Gasteiger partial charge on any atom is -0.481 e. The number of carboxylic acid groups (broad SMARTS) is 1. The Morgan fingerprint density at radius 3 is 2.17 bits per heavy atom. The van der Waals surface area contributed by atoms with Gasteiger partial charge in [0.05, 0.1) is 5.92 Å². The second-order valence-corrected chi connectivity index (χ2v) is 10.0. The first-order valence-electron chi connectivity index (χ1n) is 12.7. The third kappa shape index (κ3) is 5.19. The Labute approximate surface area is 205 Å². The molecule has 0 spiro atoms. The standard InChI is InChI=1S/C28H32N2O5/c31-26(29-24-12-6-5-11-22(24)27(32)33)25(15-17-13-14-17)30-28(34)35-16-23-20-9-3-1-7-18(20)19-8-2-4-10-21(19)23/h1-4,7-10,17,22-25H,5-6,11-16H2,(H,29,31)(H,30,34)(H,32,33). The van der Waals surface area contributed by atoms with Crippen molar-refractivity contribution in [2.75, 3.05) is 6.61 Å². The molecule has 35 heavy (non-hydrogen) atoms. The molecule has 2 aromatic carbocycles. The lowest BCUT2D eigenvalue weighted by Crippen LogP contribution is -2.53. The Hall–Kier alpha value is -3.35. The third-order valence-corrected chi connectivity index (χ3v) is 7.63. The van der Waals surface area contributed by atoms with Crippen LogP contribution in [0.15, 0.2) is 48.5 Å². The van der Waals surface area contributed by atoms with Gasteiger partial charge in [0.2, 0.25) is 5.91 Å². The van der Waals surface area contributed by atoms with Crippen molar-refractivity contribution in [3.63, 3.8) is 0 Å². The second-order valence-electron chi connectivity index (χ2n) is 10.0. The predicted molar refractivity (Wildman–Crippen MR) is 131 cm³/mol. The highest BCUT2D eigenvalue weighted by Gasteiger charge is 2.36. The molecule has 2 fully saturated rings. The number of benzene rings is 2. The number of nitrogens with one attached hydrogen (secondary N) is 2. The van der Waals surface area contributed by atoms with E-state index in [2.05, 4.69) is 34.9 Å². The van der Waals surface area contributed by atoms with Gasteiger partial charge in [-0.1, -0.05) is 74.2 Å². The minimum atomic E-state index is -0.877. The van der Waals surface area contributed by atoms with Crippen LogP contribution in [0.4, 0.5) is 4.79 Å². The third-order valence-electron chi connectivity index (χ3n) is 7.63. The summed E-state index contributed by atoms with van der Waals surface area (Å²) in [5.74, 6) is -1.42. The largest absolute Gasteiger partial charge is 0.481 e. The second kappa shape index (κ2) is 10.1. The smallest absolute Gasteiger partial charge is 0.407 e. The maximum absolute atomic E-state index is 13.1. The van der Waals surface area contributed by atoms with Crippen molar-refractivity contribution in [3.05, 3.63) is 59.7 Å². The van der Waals surface area contributed by atoms with E-state index in [1.165, 1.54) is 0 Å². The number of fused-ring (bicyclic) bond motifs is 3. The molecule has 2 saturated carbocycles. The molecule has 0 bridgehead atoms. The molecule has 0 heterocycles. The van der Waals surface area contributed by atoms with Crippen LogP contribution in [0, 0.1) is 11.8 Å². The average Bonchev–Trinajstić information content (AvgIpc) is 3.63. The van der Waals surface area contributed by atoms with E-state index in [1.54, 1.807) is 0 Å². The Kier molecular flexibility index (Phi) is 6.75. The summed E-state index contributed by atoms with van der Waals surface area (Å²) in [6.07, 6.45) is 4.95. The summed E-state index contributed by atoms with van der Waals surface area (Å²) < 4.78 is 5.65. The van der Waals surface area contributed by atoms with Gasteiger partial charge < -0.3 is 20.5 Å². The number of amides is 2. The lowest BCUT2D eigenvalue weighted by atomic mass is 9.84. The van der Waals surface area contributed by atoms with Crippen molar-refractivity contribution in [1.29, 1.82) is 0 Å². The lowest BCUT2D eigenvalue weighted by molar-refractivity contribution is -0.144. The Bertz CT molecular complexity index is 1070. The topological polar surface area (TPSA) is 105 Å². The molecular formula is C28H32N2O5. The van der Waals surface area contributed by atoms with Crippen molar-refractivity contribution in [3.8, 4) is 11.1 Å². The van der Waals surface area contributed by atoms with Gasteiger partial charge in [-0.3, -0.25) is 9.59 Å². The van der Waals surface area contributed by atoms with E-state index >= 15 is 0 Å². The molecule has 2 aromatic rings. The van der Waals surface area contributed by atoms with Gasteiger partial charge >= 0.3 is 12.1 Å². The van der Waals surface area contributed by atoms with E-state index in [1.807, 2.05) is 24.3 Å². The summed E-state index contributed by atoms with van der Waals surface area (Å²) in [6, 6.07) is 15.2. The summed E-state index contributed by atoms with van der Waals surface area (Å²) in [4.78, 5) is 37.5. The fourth-order valence-corrected chi connectivity index (χ4v) is 5.58. The van der Waals surface area contributed by atoms with Crippen LogP contribution in [0.5, 0.6) is 0 Å². The normalized spacial score (nSPS) is 21.9. The minimum absolute atomic E-state index is 0.0533. The van der Waals surface area contributed by atoms with Gasteiger partial charge in [0.1, 0.15) is 12.6 Å². The van der Waals surface area contributed by atoms with E-state index in [-0.39, 0.29) is 18.4 Å². The molecule has 3 aliphatic rings. The molecule has 0 saturated heterocycles. The van der Waals surface area contributed by atoms with Gasteiger partial charge in [0.15, 0.2) is 0 Å². The van der Waals surface area contributed by atoms with E-state index in [0.717, 1.165) is 47.9 Å². The highest BCUT2D eigenvalue weighted by molar-refractivity contribution is 5.86. The Balaban J connectivity index is 1.22. The molecule has 7 nitrogen and oxygen atoms in total. The molecule has 0 radical (unpaired) electrons. The van der Waals surface area contributed by atoms with Gasteiger partial charge in [-0.25, -0.2) is 4.79 Å². The number of hydrogen-bond acceptors (Lipinski definition) is 4. The Morgan fingerprint density at radius 2 is 1.54 bits per heavy atom. The van der Waals surface area contributed by atoms with Gasteiger partial charge in [0, 0.05) is 12.0 Å². The number of hydrogen-bond donors (Lipinski definition) is 3. The van der Waals surface area contributed by atoms with E-state index in [4.69, 9.17) is 4.74 Å². The monoisotopic (exact) mass is 476 g/mol. The zero-order valence-electron chi connectivity index (χ0n) is 19.7. The van der Waals surface area contributed by atoms with Gasteiger partial charge in [-0.15, -0.1) is 0 Å². The molecule has 184 valence electrons. The molecular weight excluding hydrogens is 444 g/mol. The van der Waals surface area contributed by atoms with E-state index < -0.39 is 30.1 Å². The first-order valence-corrected chi connectivity index (χ1v) is 12.7. The Morgan fingerprint density at radius 1 is 0.914 bits per heavy atom. The van der Waals surface area contributed by atoms with Crippen molar-refractivity contribution < 1.29 is 24.2 Å². The first kappa shape index (κ1) is 23.4. The van der Waals surface area contributed by atoms with Crippen LogP contribution in [0.1, 0.15) is 62.0 Å². The van der Waals surface area contributed by atoms with Crippen LogP contribution in [0.3, 0.4) is 0 Å². The van der Waals surface area contributed by atoms with Gasteiger partial charge in [-0.05, 0) is 47.4 Å². The number of carbonyl (C=O) groups is 3. The fraction of sp³-hybridized carbons (Fsp3) is 0.464. The van der Waals surface area contributed by atoms with Gasteiger partial charge in [0.25, 0.3) is 0 Å². The SMILES string of the molecule is O=C(NC(CC1CC1)C(=O)NC1CCCCC1C(=O)O)OCC1c2ccccc2-c2ccccc21. The molecule has 2 amide bonds. The molecule has 3 N–H and O–H groups in total. The predicted octanol–water partition coefficient (Wildman–Crippen LogP) is 4.45. The van der Waals surface area contributed by atoms with Crippen molar-refractivity contribution in [2.24, 2.45) is 11.8 Å². The molecule has 0 aromatic heterocycles. The quantitative estimate of drug-likeness (QED) is 0.522. The molecule has 3 atom stereocenters. The average molecular weight is 477 g/mol. The van der Waals surface area contributed by atoms with E-state index in [9.17, 15) is 19.5 Å². The molecule has 5 rings (SSSR count). The van der Waals surface area contributed by atoms with Crippen molar-refractivity contribution >= 4 is 18.0 Å². The number of rotatable bonds is 8. The zero-order valence-corrected chi connectivity index (χ0v) is 19.7. The fourth-order valence-electron chi connectivity index (χ4n) is 5.58. The number of aliphatic carboxylic acids is 1. The van der Waals surface area contributed by atoms with Crippen LogP contribution in [0.25, 0.3) is 11.1 Å². The van der Waals surface area contributed by atoms with Crippen molar-refractivity contribution in [1.82, 2.24) is 10.6 Å². The van der Waals surface area contributed by atoms with Gasteiger partial charge in [-0.2, -0.15) is 0 Å². The molecule has 3 aliphatic carbocycles. The number of ether oxygens (including phenoxy) is 1. The van der Waals surface area contributed by atoms with Crippen LogP contribution < -0.4 is 10.6 Å². The zero-order chi connectivity index (χ0) is 24.4. The maximum atomic E-state index is 13.1. The maximum Gasteiger partial charge on any atom is 0.407 e. The lowest BCUT2D eigenvalue weighted by Gasteiger charge is -2.30. The highest BCUT2D eigenvalue weighted by Crippen LogP contribution is 2.44. The summed E-state index contributed by atoms with van der Waals surface area (Å²) >= 11 is 0. The highest BCUT2D eigenvalue weighted by atomic mass is 16.5. The summed E-state index contributed by atoms with van der Waals surface area (Å²) in [6.45, 7) is 0.182. The summed E-state index contributed by atoms with van der Waals surface area (Å²) in [5.41, 5.74) is 4.57. The van der Waals surface area contributed by atoms with Crippen molar-refractivity contribution in [2.45, 2.75) is 62.9 Å². The molecule has 0 aliphatic heterocycles. The van der Waals surface area contributed by atoms with Crippen LogP contribution in [-0.2, 0) is 14.3 Å². The first-order chi connectivity index (χ1) is 17.0. The number of carboxylic acids is 1. The number of carbonyl (C=O) groups excluding carboxylic acids is 2. The van der Waals surface area contributed by atoms with Crippen LogP contribution in [-0.4, -0.2) is 41.8 Å². The van der Waals surface area contributed by atoms with Crippen LogP contribution in [0.2, 0.25) is 0 Å². The summed E-state index contributed by atoms with van der Waals surface area (Å²) in [7, 11) is 0.